The molecule has 3 nitrogen and oxygen atoms in total. The number of hydrogen-bond acceptors (Lipinski definition) is 3. The zero-order valence-corrected chi connectivity index (χ0v) is 11.7. The lowest BCUT2D eigenvalue weighted by Gasteiger charge is -2.06. The maximum absolute atomic E-state index is 11.6. The smallest absolute Gasteiger partial charge is 0.332 e. The van der Waals surface area contributed by atoms with Crippen molar-refractivity contribution in [2.45, 2.75) is 51.9 Å². The van der Waals surface area contributed by atoms with E-state index in [4.69, 9.17) is 17.1 Å². The summed E-state index contributed by atoms with van der Waals surface area (Å²) >= 11 is 5.04. The minimum absolute atomic E-state index is 0.215. The predicted molar refractivity (Wildman–Crippen MR) is 74.8 cm³/mol. The van der Waals surface area contributed by atoms with Gasteiger partial charge in [0.25, 0.3) is 0 Å². The summed E-state index contributed by atoms with van der Waals surface area (Å²) in [4.78, 5) is 16.7. The number of aromatic nitrogens is 1. The number of nitrogens with zero attached hydrogens (tertiary/aromatic N) is 1. The third-order valence-corrected chi connectivity index (χ3v) is 3.04. The maximum Gasteiger partial charge on any atom is 0.332 e. The number of unbranched alkanes of at least 4 members (excludes halogenated alkanes) is 5. The standard InChI is InChI=1S/C14H21NO2S/c1-2-3-4-5-6-7-11-14(16)17-15-12-9-8-10-13(15)18/h8-10,12H,2-7,11H2,1H3. The number of carbonyl (C=O) groups is 1. The molecule has 0 N–H and O–H groups in total. The molecule has 0 aliphatic heterocycles. The summed E-state index contributed by atoms with van der Waals surface area (Å²) in [5.74, 6) is -0.215. The molecule has 100 valence electrons. The first-order valence-electron chi connectivity index (χ1n) is 6.63. The number of carbonyl (C=O) groups excluding carboxylic acids is 1. The van der Waals surface area contributed by atoms with Crippen molar-refractivity contribution in [3.8, 4) is 0 Å². The summed E-state index contributed by atoms with van der Waals surface area (Å²) in [6, 6.07) is 5.33. The van der Waals surface area contributed by atoms with E-state index in [0.29, 0.717) is 11.1 Å². The molecular weight excluding hydrogens is 246 g/mol. The van der Waals surface area contributed by atoms with Crippen molar-refractivity contribution >= 4 is 18.2 Å². The summed E-state index contributed by atoms with van der Waals surface area (Å²) in [5.41, 5.74) is 0. The molecule has 0 aliphatic carbocycles. The Bertz CT molecular complexity index is 414. The lowest BCUT2D eigenvalue weighted by atomic mass is 10.1. The molecule has 0 unspecified atom stereocenters. The van der Waals surface area contributed by atoms with Crippen LogP contribution in [0.4, 0.5) is 0 Å². The third kappa shape index (κ3) is 5.96. The largest absolute Gasteiger partial charge is 0.336 e. The Balaban J connectivity index is 2.18. The van der Waals surface area contributed by atoms with Crippen LogP contribution < -0.4 is 4.84 Å². The van der Waals surface area contributed by atoms with Gasteiger partial charge in [-0.15, -0.1) is 0 Å². The Kier molecular flexibility index (Phi) is 7.34. The molecule has 1 rings (SSSR count). The van der Waals surface area contributed by atoms with Crippen LogP contribution in [0.15, 0.2) is 24.4 Å². The van der Waals surface area contributed by atoms with Gasteiger partial charge in [0.1, 0.15) is 4.64 Å². The van der Waals surface area contributed by atoms with Crippen LogP contribution in [-0.2, 0) is 4.79 Å². The van der Waals surface area contributed by atoms with E-state index < -0.39 is 0 Å². The highest BCUT2D eigenvalue weighted by molar-refractivity contribution is 7.71. The molecule has 0 aromatic carbocycles. The van der Waals surface area contributed by atoms with Crippen molar-refractivity contribution in [3.63, 3.8) is 0 Å². The predicted octanol–water partition coefficient (Wildman–Crippen LogP) is 3.92. The first-order valence-corrected chi connectivity index (χ1v) is 7.03. The molecule has 0 saturated heterocycles. The van der Waals surface area contributed by atoms with Crippen molar-refractivity contribution in [2.24, 2.45) is 0 Å². The first-order chi connectivity index (χ1) is 8.74. The zero-order chi connectivity index (χ0) is 13.2. The molecule has 1 heterocycles. The molecule has 0 saturated carbocycles. The normalized spacial score (nSPS) is 10.3. The van der Waals surface area contributed by atoms with Gasteiger partial charge in [0.2, 0.25) is 0 Å². The molecule has 18 heavy (non-hydrogen) atoms. The summed E-state index contributed by atoms with van der Waals surface area (Å²) in [5, 5.41) is 0. The average molecular weight is 267 g/mol. The van der Waals surface area contributed by atoms with Crippen LogP contribution in [0.5, 0.6) is 0 Å². The summed E-state index contributed by atoms with van der Waals surface area (Å²) < 4.78 is 1.85. The Morgan fingerprint density at radius 1 is 1.22 bits per heavy atom. The second-order valence-corrected chi connectivity index (χ2v) is 4.76. The van der Waals surface area contributed by atoms with E-state index >= 15 is 0 Å². The number of rotatable bonds is 8. The van der Waals surface area contributed by atoms with Gasteiger partial charge in [0.15, 0.2) is 0 Å². The molecule has 0 aliphatic rings. The Morgan fingerprint density at radius 3 is 2.67 bits per heavy atom. The second-order valence-electron chi connectivity index (χ2n) is 4.35. The minimum Gasteiger partial charge on any atom is -0.336 e. The van der Waals surface area contributed by atoms with Crippen molar-refractivity contribution in [1.82, 2.24) is 4.73 Å². The molecule has 0 fully saturated rings. The van der Waals surface area contributed by atoms with E-state index in [2.05, 4.69) is 6.92 Å². The Morgan fingerprint density at radius 2 is 1.94 bits per heavy atom. The second kappa shape index (κ2) is 8.86. The average Bonchev–Trinajstić information content (AvgIpc) is 2.36. The Labute approximate surface area is 114 Å². The fourth-order valence-corrected chi connectivity index (χ4v) is 1.87. The molecule has 0 spiro atoms. The topological polar surface area (TPSA) is 31.2 Å². The monoisotopic (exact) mass is 267 g/mol. The highest BCUT2D eigenvalue weighted by atomic mass is 32.1. The van der Waals surface area contributed by atoms with Gasteiger partial charge >= 0.3 is 5.97 Å². The van der Waals surface area contributed by atoms with Crippen molar-refractivity contribution < 1.29 is 9.63 Å². The van der Waals surface area contributed by atoms with Crippen molar-refractivity contribution in [3.05, 3.63) is 29.0 Å². The van der Waals surface area contributed by atoms with E-state index in [1.807, 2.05) is 6.07 Å². The quantitative estimate of drug-likeness (QED) is 0.528. The van der Waals surface area contributed by atoms with Crippen LogP contribution in [-0.4, -0.2) is 10.7 Å². The van der Waals surface area contributed by atoms with E-state index in [9.17, 15) is 4.79 Å². The van der Waals surface area contributed by atoms with Gasteiger partial charge < -0.3 is 4.84 Å². The fraction of sp³-hybridized carbons (Fsp3) is 0.571. The van der Waals surface area contributed by atoms with Gasteiger partial charge in [0, 0.05) is 12.6 Å². The van der Waals surface area contributed by atoms with Gasteiger partial charge in [-0.2, -0.15) is 4.73 Å². The van der Waals surface area contributed by atoms with Gasteiger partial charge in [-0.25, -0.2) is 4.79 Å². The van der Waals surface area contributed by atoms with Gasteiger partial charge in [0.05, 0.1) is 0 Å². The highest BCUT2D eigenvalue weighted by Gasteiger charge is 2.04. The lowest BCUT2D eigenvalue weighted by Crippen LogP contribution is -2.19. The van der Waals surface area contributed by atoms with E-state index in [1.165, 1.54) is 30.4 Å². The summed E-state index contributed by atoms with van der Waals surface area (Å²) in [7, 11) is 0. The molecule has 1 aromatic rings. The molecule has 0 bridgehead atoms. The fourth-order valence-electron chi connectivity index (χ4n) is 1.69. The first kappa shape index (κ1) is 14.9. The number of hydrogen-bond donors (Lipinski definition) is 0. The minimum atomic E-state index is -0.215. The van der Waals surface area contributed by atoms with Crippen LogP contribution in [0.25, 0.3) is 0 Å². The molecule has 0 radical (unpaired) electrons. The van der Waals surface area contributed by atoms with Crippen LogP contribution in [0.2, 0.25) is 0 Å². The lowest BCUT2D eigenvalue weighted by molar-refractivity contribution is -0.144. The number of pyridine rings is 1. The van der Waals surface area contributed by atoms with Gasteiger partial charge in [-0.05, 0) is 18.6 Å². The van der Waals surface area contributed by atoms with Crippen LogP contribution in [0.1, 0.15) is 51.9 Å². The molecular formula is C14H21NO2S. The van der Waals surface area contributed by atoms with Crippen LogP contribution >= 0.6 is 12.2 Å². The van der Waals surface area contributed by atoms with Crippen LogP contribution in [0.3, 0.4) is 0 Å². The SMILES string of the molecule is CCCCCCCCC(=O)On1ccccc1=S. The van der Waals surface area contributed by atoms with Gasteiger partial charge in [-0.3, -0.25) is 0 Å². The van der Waals surface area contributed by atoms with Crippen LogP contribution in [0, 0.1) is 4.64 Å². The maximum atomic E-state index is 11.6. The van der Waals surface area contributed by atoms with Gasteiger partial charge in [-0.1, -0.05) is 57.3 Å². The van der Waals surface area contributed by atoms with E-state index in [0.717, 1.165) is 12.8 Å². The molecule has 1 aromatic heterocycles. The molecule has 0 amide bonds. The molecule has 4 heteroatoms. The highest BCUT2D eigenvalue weighted by Crippen LogP contribution is 2.07. The van der Waals surface area contributed by atoms with E-state index in [1.54, 1.807) is 18.3 Å². The molecule has 0 atom stereocenters. The third-order valence-electron chi connectivity index (χ3n) is 2.72. The summed E-state index contributed by atoms with van der Waals surface area (Å²) in [6.45, 7) is 2.20. The van der Waals surface area contributed by atoms with Crippen molar-refractivity contribution in [2.75, 3.05) is 0 Å². The van der Waals surface area contributed by atoms with E-state index in [-0.39, 0.29) is 5.97 Å². The van der Waals surface area contributed by atoms with Crippen molar-refractivity contribution in [1.29, 1.82) is 0 Å². The Hall–Kier alpha value is -1.16. The zero-order valence-electron chi connectivity index (χ0n) is 10.9. The summed E-state index contributed by atoms with van der Waals surface area (Å²) in [6.07, 6.45) is 9.08.